The van der Waals surface area contributed by atoms with E-state index in [2.05, 4.69) is 26.0 Å². The number of carbonyl (C=O) groups is 1. The second-order valence-corrected chi connectivity index (χ2v) is 4.84. The van der Waals surface area contributed by atoms with E-state index in [1.807, 2.05) is 18.2 Å². The number of hydrogen-bond acceptors (Lipinski definition) is 2. The fourth-order valence-electron chi connectivity index (χ4n) is 2.27. The topological polar surface area (TPSA) is 26.3 Å². The molecule has 100 valence electrons. The number of methoxy groups -OCH3 is 1. The van der Waals surface area contributed by atoms with Crippen LogP contribution in [0, 0.1) is 5.92 Å². The molecule has 0 fully saturated rings. The summed E-state index contributed by atoms with van der Waals surface area (Å²) in [6, 6.07) is 10.1. The van der Waals surface area contributed by atoms with Crippen molar-refractivity contribution in [1.82, 2.24) is 0 Å². The van der Waals surface area contributed by atoms with E-state index in [0.717, 1.165) is 18.4 Å². The Morgan fingerprint density at radius 3 is 2.50 bits per heavy atom. The van der Waals surface area contributed by atoms with E-state index in [1.165, 1.54) is 0 Å². The van der Waals surface area contributed by atoms with E-state index >= 15 is 0 Å². The molecule has 0 aliphatic heterocycles. The molecular formula is C16H24O2. The Bertz CT molecular complexity index is 345. The van der Waals surface area contributed by atoms with Crippen LogP contribution < -0.4 is 0 Å². The second-order valence-electron chi connectivity index (χ2n) is 4.84. The van der Waals surface area contributed by atoms with Gasteiger partial charge in [0.1, 0.15) is 5.78 Å². The monoisotopic (exact) mass is 248 g/mol. The average molecular weight is 248 g/mol. The number of carbonyl (C=O) groups excluding carboxylic acids is 1. The number of rotatable bonds is 8. The van der Waals surface area contributed by atoms with Crippen molar-refractivity contribution >= 4 is 5.78 Å². The fourth-order valence-corrected chi connectivity index (χ4v) is 2.27. The average Bonchev–Trinajstić information content (AvgIpc) is 2.40. The summed E-state index contributed by atoms with van der Waals surface area (Å²) >= 11 is 0. The fraction of sp³-hybridized carbons (Fsp3) is 0.562. The second kappa shape index (κ2) is 8.04. The molecule has 0 bridgehead atoms. The minimum atomic E-state index is 0.0352. The molecule has 0 saturated carbocycles. The molecule has 0 spiro atoms. The lowest BCUT2D eigenvalue weighted by Crippen LogP contribution is -2.20. The maximum Gasteiger partial charge on any atom is 0.140 e. The van der Waals surface area contributed by atoms with Gasteiger partial charge in [0.05, 0.1) is 0 Å². The van der Waals surface area contributed by atoms with Crippen LogP contribution in [0.4, 0.5) is 0 Å². The van der Waals surface area contributed by atoms with Crippen molar-refractivity contribution in [2.24, 2.45) is 5.92 Å². The molecule has 18 heavy (non-hydrogen) atoms. The first kappa shape index (κ1) is 14.9. The van der Waals surface area contributed by atoms with Crippen LogP contribution in [0.1, 0.15) is 44.6 Å². The Morgan fingerprint density at radius 1 is 1.28 bits per heavy atom. The van der Waals surface area contributed by atoms with Crippen molar-refractivity contribution in [3.8, 4) is 0 Å². The van der Waals surface area contributed by atoms with Crippen LogP contribution >= 0.6 is 0 Å². The molecule has 2 atom stereocenters. The third-order valence-corrected chi connectivity index (χ3v) is 3.49. The van der Waals surface area contributed by atoms with Gasteiger partial charge in [0.25, 0.3) is 0 Å². The molecule has 0 N–H and O–H groups in total. The number of ketones is 1. The number of hydrogen-bond donors (Lipinski definition) is 0. The molecule has 1 rings (SSSR count). The highest BCUT2D eigenvalue weighted by Gasteiger charge is 2.24. The zero-order valence-corrected chi connectivity index (χ0v) is 11.7. The summed E-state index contributed by atoms with van der Waals surface area (Å²) in [5.41, 5.74) is 1.15. The predicted octanol–water partition coefficient (Wildman–Crippen LogP) is 3.81. The smallest absolute Gasteiger partial charge is 0.140 e. The van der Waals surface area contributed by atoms with Crippen LogP contribution in [0.15, 0.2) is 30.3 Å². The Balaban J connectivity index is 2.76. The lowest BCUT2D eigenvalue weighted by Gasteiger charge is -2.22. The normalized spacial score (nSPS) is 14.2. The summed E-state index contributed by atoms with van der Waals surface area (Å²) in [5.74, 6) is 0.767. The van der Waals surface area contributed by atoms with E-state index in [0.29, 0.717) is 24.7 Å². The van der Waals surface area contributed by atoms with Crippen molar-refractivity contribution in [2.75, 3.05) is 13.7 Å². The van der Waals surface area contributed by atoms with Crippen LogP contribution in [0.3, 0.4) is 0 Å². The summed E-state index contributed by atoms with van der Waals surface area (Å²) in [6.07, 6.45) is 2.45. The van der Waals surface area contributed by atoms with Crippen LogP contribution in [0.25, 0.3) is 0 Å². The SMILES string of the molecule is CCC(C)C(C(=O)CCCOC)c1ccccc1. The highest BCUT2D eigenvalue weighted by atomic mass is 16.5. The van der Waals surface area contributed by atoms with Crippen molar-refractivity contribution in [2.45, 2.75) is 39.0 Å². The molecule has 2 nitrogen and oxygen atoms in total. The van der Waals surface area contributed by atoms with Crippen molar-refractivity contribution in [3.63, 3.8) is 0 Å². The molecule has 0 aliphatic rings. The lowest BCUT2D eigenvalue weighted by molar-refractivity contribution is -0.121. The van der Waals surface area contributed by atoms with E-state index in [9.17, 15) is 4.79 Å². The van der Waals surface area contributed by atoms with Gasteiger partial charge in [-0.05, 0) is 17.9 Å². The summed E-state index contributed by atoms with van der Waals surface area (Å²) < 4.78 is 5.01. The maximum atomic E-state index is 12.4. The predicted molar refractivity (Wildman–Crippen MR) is 74.8 cm³/mol. The standard InChI is InChI=1S/C16H24O2/c1-4-13(2)16(14-9-6-5-7-10-14)15(17)11-8-12-18-3/h5-7,9-10,13,16H,4,8,11-12H2,1-3H3. The van der Waals surface area contributed by atoms with E-state index in [4.69, 9.17) is 4.74 Å². The number of benzene rings is 1. The summed E-state index contributed by atoms with van der Waals surface area (Å²) in [4.78, 5) is 12.4. The van der Waals surface area contributed by atoms with Gasteiger partial charge in [-0.15, -0.1) is 0 Å². The first-order valence-corrected chi connectivity index (χ1v) is 6.77. The molecule has 0 saturated heterocycles. The van der Waals surface area contributed by atoms with Gasteiger partial charge in [0, 0.05) is 26.1 Å². The molecule has 2 heteroatoms. The highest BCUT2D eigenvalue weighted by molar-refractivity contribution is 5.86. The molecule has 0 aliphatic carbocycles. The van der Waals surface area contributed by atoms with E-state index < -0.39 is 0 Å². The summed E-state index contributed by atoms with van der Waals surface area (Å²) in [5, 5.41) is 0. The quantitative estimate of drug-likeness (QED) is 0.654. The molecule has 2 unspecified atom stereocenters. The van der Waals surface area contributed by atoms with Gasteiger partial charge in [-0.3, -0.25) is 4.79 Å². The zero-order chi connectivity index (χ0) is 13.4. The number of ether oxygens (including phenoxy) is 1. The van der Waals surface area contributed by atoms with Crippen LogP contribution in [0.5, 0.6) is 0 Å². The highest BCUT2D eigenvalue weighted by Crippen LogP contribution is 2.29. The largest absolute Gasteiger partial charge is 0.385 e. The van der Waals surface area contributed by atoms with Crippen molar-refractivity contribution in [3.05, 3.63) is 35.9 Å². The van der Waals surface area contributed by atoms with Gasteiger partial charge < -0.3 is 4.74 Å². The lowest BCUT2D eigenvalue weighted by atomic mass is 9.81. The van der Waals surface area contributed by atoms with Gasteiger partial charge in [0.2, 0.25) is 0 Å². The van der Waals surface area contributed by atoms with Crippen molar-refractivity contribution in [1.29, 1.82) is 0 Å². The molecule has 1 aromatic rings. The Hall–Kier alpha value is -1.15. The maximum absolute atomic E-state index is 12.4. The number of Topliss-reactive ketones (excluding diaryl/α,β-unsaturated/α-hetero) is 1. The van der Waals surface area contributed by atoms with Crippen LogP contribution in [-0.4, -0.2) is 19.5 Å². The van der Waals surface area contributed by atoms with Gasteiger partial charge in [-0.25, -0.2) is 0 Å². The Kier molecular flexibility index (Phi) is 6.66. The zero-order valence-electron chi connectivity index (χ0n) is 11.7. The Labute approximate surface area is 110 Å². The van der Waals surface area contributed by atoms with Crippen LogP contribution in [-0.2, 0) is 9.53 Å². The summed E-state index contributed by atoms with van der Waals surface area (Å²) in [7, 11) is 1.67. The minimum Gasteiger partial charge on any atom is -0.385 e. The van der Waals surface area contributed by atoms with E-state index in [-0.39, 0.29) is 5.92 Å². The first-order chi connectivity index (χ1) is 8.70. The van der Waals surface area contributed by atoms with Gasteiger partial charge >= 0.3 is 0 Å². The third-order valence-electron chi connectivity index (χ3n) is 3.49. The molecule has 1 aromatic carbocycles. The molecule has 0 radical (unpaired) electrons. The van der Waals surface area contributed by atoms with Gasteiger partial charge in [0.15, 0.2) is 0 Å². The van der Waals surface area contributed by atoms with E-state index in [1.54, 1.807) is 7.11 Å². The molecule has 0 heterocycles. The van der Waals surface area contributed by atoms with Crippen LogP contribution in [0.2, 0.25) is 0 Å². The minimum absolute atomic E-state index is 0.0352. The molecule has 0 aromatic heterocycles. The van der Waals surface area contributed by atoms with Gasteiger partial charge in [-0.1, -0.05) is 50.6 Å². The van der Waals surface area contributed by atoms with Gasteiger partial charge in [-0.2, -0.15) is 0 Å². The molecule has 0 amide bonds. The Morgan fingerprint density at radius 2 is 1.94 bits per heavy atom. The first-order valence-electron chi connectivity index (χ1n) is 6.77. The summed E-state index contributed by atoms with van der Waals surface area (Å²) in [6.45, 7) is 4.96. The molecular weight excluding hydrogens is 224 g/mol. The third kappa shape index (κ3) is 4.26. The van der Waals surface area contributed by atoms with Crippen molar-refractivity contribution < 1.29 is 9.53 Å².